The minimum atomic E-state index is -0.522. The molecule has 0 aromatic carbocycles. The predicted molar refractivity (Wildman–Crippen MR) is 52.6 cm³/mol. The molecule has 0 spiro atoms. The Balaban J connectivity index is 3.80. The second-order valence-corrected chi connectivity index (χ2v) is 3.31. The summed E-state index contributed by atoms with van der Waals surface area (Å²) in [6.07, 6.45) is 2.83. The first kappa shape index (κ1) is 12.4. The molecule has 1 N–H and O–H groups in total. The fourth-order valence-corrected chi connectivity index (χ4v) is 1.13. The van der Waals surface area contributed by atoms with Crippen LogP contribution >= 0.6 is 11.6 Å². The molecule has 3 nitrogen and oxygen atoms in total. The minimum Gasteiger partial charge on any atom is -0.345 e. The summed E-state index contributed by atoms with van der Waals surface area (Å²) in [7, 11) is 0. The second-order valence-electron chi connectivity index (χ2n) is 2.94. The maximum Gasteiger partial charge on any atom is 0.243 e. The Morgan fingerprint density at radius 2 is 2.00 bits per heavy atom. The van der Waals surface area contributed by atoms with E-state index in [0.29, 0.717) is 12.8 Å². The number of hydrogen-bond donors (Lipinski definition) is 1. The monoisotopic (exact) mass is 205 g/mol. The van der Waals surface area contributed by atoms with Gasteiger partial charge >= 0.3 is 0 Å². The highest BCUT2D eigenvalue weighted by atomic mass is 35.5. The van der Waals surface area contributed by atoms with Crippen LogP contribution in [0.3, 0.4) is 0 Å². The maximum absolute atomic E-state index is 11.2. The smallest absolute Gasteiger partial charge is 0.243 e. The lowest BCUT2D eigenvalue weighted by atomic mass is 10.2. The largest absolute Gasteiger partial charge is 0.345 e. The van der Waals surface area contributed by atoms with E-state index in [2.05, 4.69) is 5.32 Å². The van der Waals surface area contributed by atoms with E-state index in [1.54, 1.807) is 0 Å². The third-order valence-corrected chi connectivity index (χ3v) is 2.04. The van der Waals surface area contributed by atoms with Gasteiger partial charge in [-0.15, -0.1) is 0 Å². The summed E-state index contributed by atoms with van der Waals surface area (Å²) in [5.74, 6) is -0.0947. The zero-order chi connectivity index (χ0) is 10.3. The Hall–Kier alpha value is -0.570. The van der Waals surface area contributed by atoms with Crippen LogP contribution in [0.15, 0.2) is 0 Å². The van der Waals surface area contributed by atoms with Gasteiger partial charge in [0.1, 0.15) is 6.04 Å². The zero-order valence-electron chi connectivity index (χ0n) is 8.10. The van der Waals surface area contributed by atoms with Crippen LogP contribution in [-0.2, 0) is 9.59 Å². The standard InChI is InChI=1S/C9H16ClNO2/c1-3-5-6-8(12)11-7(4-2)9(10)13/h7H,3-6H2,1-2H3,(H,11,12). The molecule has 0 radical (unpaired) electrons. The Labute approximate surface area is 83.8 Å². The third kappa shape index (κ3) is 5.64. The van der Waals surface area contributed by atoms with E-state index in [4.69, 9.17) is 11.6 Å². The van der Waals surface area contributed by atoms with E-state index in [1.807, 2.05) is 13.8 Å². The normalized spacial score (nSPS) is 12.2. The van der Waals surface area contributed by atoms with Crippen LogP contribution in [0.5, 0.6) is 0 Å². The fourth-order valence-electron chi connectivity index (χ4n) is 0.923. The minimum absolute atomic E-state index is 0.0947. The molecule has 13 heavy (non-hydrogen) atoms. The summed E-state index contributed by atoms with van der Waals surface area (Å²) >= 11 is 5.27. The highest BCUT2D eigenvalue weighted by Crippen LogP contribution is 1.99. The predicted octanol–water partition coefficient (Wildman–Crippen LogP) is 1.84. The molecule has 0 aromatic rings. The van der Waals surface area contributed by atoms with Crippen LogP contribution in [-0.4, -0.2) is 17.2 Å². The first-order valence-electron chi connectivity index (χ1n) is 4.60. The molecule has 0 aromatic heterocycles. The van der Waals surface area contributed by atoms with Crippen molar-refractivity contribution in [1.29, 1.82) is 0 Å². The molecule has 76 valence electrons. The topological polar surface area (TPSA) is 46.2 Å². The lowest BCUT2D eigenvalue weighted by molar-refractivity contribution is -0.125. The molecule has 4 heteroatoms. The molecule has 0 saturated heterocycles. The zero-order valence-corrected chi connectivity index (χ0v) is 8.86. The summed E-state index contributed by atoms with van der Waals surface area (Å²) in [6.45, 7) is 3.82. The van der Waals surface area contributed by atoms with Crippen molar-refractivity contribution in [3.05, 3.63) is 0 Å². The van der Waals surface area contributed by atoms with Crippen LogP contribution in [0.2, 0.25) is 0 Å². The molecule has 0 heterocycles. The van der Waals surface area contributed by atoms with Crippen molar-refractivity contribution in [2.75, 3.05) is 0 Å². The SMILES string of the molecule is CCCCC(=O)NC(CC)C(=O)Cl. The van der Waals surface area contributed by atoms with Gasteiger partial charge in [0.05, 0.1) is 0 Å². The number of halogens is 1. The molecule has 1 amide bonds. The van der Waals surface area contributed by atoms with E-state index < -0.39 is 11.3 Å². The van der Waals surface area contributed by atoms with E-state index in [0.717, 1.165) is 12.8 Å². The Kier molecular flexibility index (Phi) is 6.59. The highest BCUT2D eigenvalue weighted by molar-refractivity contribution is 6.64. The van der Waals surface area contributed by atoms with Crippen LogP contribution in [0.25, 0.3) is 0 Å². The van der Waals surface area contributed by atoms with Crippen LogP contribution in [0.1, 0.15) is 39.5 Å². The summed E-state index contributed by atoms with van der Waals surface area (Å²) in [6, 6.07) is -0.522. The number of carbonyl (C=O) groups excluding carboxylic acids is 2. The van der Waals surface area contributed by atoms with E-state index in [1.165, 1.54) is 0 Å². The molecule has 0 rings (SSSR count). The fraction of sp³-hybridized carbons (Fsp3) is 0.778. The third-order valence-electron chi connectivity index (χ3n) is 1.77. The van der Waals surface area contributed by atoms with E-state index in [-0.39, 0.29) is 5.91 Å². The molecule has 0 fully saturated rings. The highest BCUT2D eigenvalue weighted by Gasteiger charge is 2.15. The van der Waals surface area contributed by atoms with Crippen molar-refractivity contribution in [3.8, 4) is 0 Å². The van der Waals surface area contributed by atoms with Gasteiger partial charge in [-0.2, -0.15) is 0 Å². The summed E-state index contributed by atoms with van der Waals surface area (Å²) < 4.78 is 0. The Bertz CT molecular complexity index is 182. The molecule has 0 bridgehead atoms. The van der Waals surface area contributed by atoms with Gasteiger partial charge in [0.25, 0.3) is 0 Å². The van der Waals surface area contributed by atoms with Gasteiger partial charge in [-0.05, 0) is 24.4 Å². The van der Waals surface area contributed by atoms with Crippen molar-refractivity contribution >= 4 is 22.8 Å². The van der Waals surface area contributed by atoms with Gasteiger partial charge in [-0.25, -0.2) is 0 Å². The van der Waals surface area contributed by atoms with E-state index in [9.17, 15) is 9.59 Å². The van der Waals surface area contributed by atoms with Crippen molar-refractivity contribution in [1.82, 2.24) is 5.32 Å². The van der Waals surface area contributed by atoms with Crippen LogP contribution < -0.4 is 5.32 Å². The second kappa shape index (κ2) is 6.89. The molecule has 1 unspecified atom stereocenters. The number of nitrogens with one attached hydrogen (secondary N) is 1. The summed E-state index contributed by atoms with van der Waals surface area (Å²) in [5.41, 5.74) is 0. The maximum atomic E-state index is 11.2. The Morgan fingerprint density at radius 1 is 1.38 bits per heavy atom. The molecule has 0 saturated carbocycles. The molecular weight excluding hydrogens is 190 g/mol. The molecule has 0 aliphatic rings. The van der Waals surface area contributed by atoms with Crippen molar-refractivity contribution in [3.63, 3.8) is 0 Å². The van der Waals surface area contributed by atoms with Gasteiger partial charge < -0.3 is 5.32 Å². The first-order valence-corrected chi connectivity index (χ1v) is 4.98. The molecule has 0 aliphatic heterocycles. The number of rotatable bonds is 6. The lowest BCUT2D eigenvalue weighted by Crippen LogP contribution is -2.38. The number of carbonyl (C=O) groups is 2. The van der Waals surface area contributed by atoms with E-state index >= 15 is 0 Å². The van der Waals surface area contributed by atoms with Gasteiger partial charge in [0.2, 0.25) is 11.1 Å². The molecular formula is C9H16ClNO2. The molecule has 1 atom stereocenters. The number of hydrogen-bond acceptors (Lipinski definition) is 2. The lowest BCUT2D eigenvalue weighted by Gasteiger charge is -2.11. The van der Waals surface area contributed by atoms with Gasteiger partial charge in [-0.3, -0.25) is 9.59 Å². The van der Waals surface area contributed by atoms with Gasteiger partial charge in [-0.1, -0.05) is 20.3 Å². The van der Waals surface area contributed by atoms with Crippen molar-refractivity contribution in [2.24, 2.45) is 0 Å². The van der Waals surface area contributed by atoms with Crippen molar-refractivity contribution < 1.29 is 9.59 Å². The number of unbranched alkanes of at least 4 members (excludes halogenated alkanes) is 1. The van der Waals surface area contributed by atoms with Crippen LogP contribution in [0, 0.1) is 0 Å². The van der Waals surface area contributed by atoms with Crippen molar-refractivity contribution in [2.45, 2.75) is 45.6 Å². The molecule has 0 aliphatic carbocycles. The van der Waals surface area contributed by atoms with Gasteiger partial charge in [0, 0.05) is 6.42 Å². The number of amides is 1. The van der Waals surface area contributed by atoms with Crippen LogP contribution in [0.4, 0.5) is 0 Å². The average molecular weight is 206 g/mol. The first-order chi connectivity index (χ1) is 6.11. The quantitative estimate of drug-likeness (QED) is 0.673. The average Bonchev–Trinajstić information content (AvgIpc) is 2.10. The Morgan fingerprint density at radius 3 is 2.38 bits per heavy atom. The summed E-state index contributed by atoms with van der Waals surface area (Å²) in [5, 5.41) is 2.09. The van der Waals surface area contributed by atoms with Gasteiger partial charge in [0.15, 0.2) is 0 Å². The summed E-state index contributed by atoms with van der Waals surface area (Å²) in [4.78, 5) is 21.9.